The fourth-order valence-corrected chi connectivity index (χ4v) is 1.04. The maximum Gasteiger partial charge on any atom is 0.0471 e. The molecule has 1 aromatic carbocycles. The lowest BCUT2D eigenvalue weighted by Crippen LogP contribution is -1.88. The fraction of sp³-hybridized carbons (Fsp3) is 0.400. The summed E-state index contributed by atoms with van der Waals surface area (Å²) in [5, 5.41) is 16.1. The molecule has 74 valence electrons. The minimum atomic E-state index is 0.224. The normalized spacial score (nSPS) is 8.92. The van der Waals surface area contributed by atoms with Gasteiger partial charge in [-0.3, -0.25) is 0 Å². The van der Waals surface area contributed by atoms with E-state index in [1.54, 1.807) is 6.92 Å². The highest BCUT2D eigenvalue weighted by Gasteiger charge is 1.89. The molecule has 0 heterocycles. The van der Waals surface area contributed by atoms with E-state index in [9.17, 15) is 0 Å². The summed E-state index contributed by atoms with van der Waals surface area (Å²) in [6, 6.07) is 7.95. The molecule has 0 spiro atoms. The first-order chi connectivity index (χ1) is 6.24. The van der Waals surface area contributed by atoms with Crippen molar-refractivity contribution in [2.45, 2.75) is 13.3 Å². The zero-order valence-electron chi connectivity index (χ0n) is 7.70. The van der Waals surface area contributed by atoms with Crippen molar-refractivity contribution < 1.29 is 10.2 Å². The zero-order chi connectivity index (χ0) is 10.1. The van der Waals surface area contributed by atoms with Gasteiger partial charge in [0.1, 0.15) is 0 Å². The van der Waals surface area contributed by atoms with Crippen LogP contribution in [0.2, 0.25) is 0 Å². The number of rotatable bonds is 2. The Morgan fingerprint density at radius 1 is 1.15 bits per heavy atom. The Hall–Kier alpha value is -0.380. The smallest absolute Gasteiger partial charge is 0.0471 e. The molecule has 0 saturated heterocycles. The van der Waals surface area contributed by atoms with E-state index in [2.05, 4.69) is 15.9 Å². The molecule has 1 rings (SSSR count). The topological polar surface area (TPSA) is 40.5 Å². The summed E-state index contributed by atoms with van der Waals surface area (Å²) < 4.78 is 1.08. The van der Waals surface area contributed by atoms with Crippen LogP contribution in [-0.4, -0.2) is 23.4 Å². The van der Waals surface area contributed by atoms with Gasteiger partial charge in [0, 0.05) is 17.7 Å². The van der Waals surface area contributed by atoms with Crippen molar-refractivity contribution in [1.82, 2.24) is 0 Å². The van der Waals surface area contributed by atoms with Crippen LogP contribution in [0.3, 0.4) is 0 Å². The Morgan fingerprint density at radius 2 is 1.62 bits per heavy atom. The Kier molecular flexibility index (Phi) is 7.99. The molecule has 0 saturated carbocycles. The van der Waals surface area contributed by atoms with Crippen LogP contribution >= 0.6 is 15.9 Å². The van der Waals surface area contributed by atoms with Crippen LogP contribution in [0.25, 0.3) is 0 Å². The van der Waals surface area contributed by atoms with Crippen molar-refractivity contribution in [1.29, 1.82) is 0 Å². The molecule has 0 aliphatic carbocycles. The number of hydrogen-bond donors (Lipinski definition) is 2. The maximum absolute atomic E-state index is 8.58. The van der Waals surface area contributed by atoms with E-state index >= 15 is 0 Å². The summed E-state index contributed by atoms with van der Waals surface area (Å²) >= 11 is 3.33. The summed E-state index contributed by atoms with van der Waals surface area (Å²) in [4.78, 5) is 0. The van der Waals surface area contributed by atoms with E-state index in [0.717, 1.165) is 10.9 Å². The van der Waals surface area contributed by atoms with E-state index in [1.807, 2.05) is 24.3 Å². The van der Waals surface area contributed by atoms with Gasteiger partial charge in [0.05, 0.1) is 0 Å². The van der Waals surface area contributed by atoms with Gasteiger partial charge in [-0.1, -0.05) is 28.1 Å². The van der Waals surface area contributed by atoms with Crippen LogP contribution in [0.15, 0.2) is 28.7 Å². The van der Waals surface area contributed by atoms with Crippen molar-refractivity contribution >= 4 is 15.9 Å². The highest BCUT2D eigenvalue weighted by atomic mass is 79.9. The average Bonchev–Trinajstić information content (AvgIpc) is 2.11. The minimum absolute atomic E-state index is 0.224. The van der Waals surface area contributed by atoms with E-state index in [1.165, 1.54) is 5.56 Å². The van der Waals surface area contributed by atoms with Gasteiger partial charge in [0.15, 0.2) is 0 Å². The third kappa shape index (κ3) is 6.75. The predicted octanol–water partition coefficient (Wildman–Crippen LogP) is 1.98. The second kappa shape index (κ2) is 8.23. The highest BCUT2D eigenvalue weighted by molar-refractivity contribution is 9.10. The Bertz CT molecular complexity index is 209. The van der Waals surface area contributed by atoms with E-state index < -0.39 is 0 Å². The molecule has 0 radical (unpaired) electrons. The molecule has 0 aromatic heterocycles. The van der Waals surface area contributed by atoms with Gasteiger partial charge < -0.3 is 10.2 Å². The van der Waals surface area contributed by atoms with E-state index in [4.69, 9.17) is 10.2 Å². The molecule has 0 atom stereocenters. The second-order valence-electron chi connectivity index (χ2n) is 2.42. The van der Waals surface area contributed by atoms with E-state index in [-0.39, 0.29) is 13.2 Å². The molecule has 0 aliphatic rings. The van der Waals surface area contributed by atoms with Gasteiger partial charge in [-0.25, -0.2) is 0 Å². The molecule has 0 fully saturated rings. The van der Waals surface area contributed by atoms with Crippen LogP contribution < -0.4 is 0 Å². The molecular formula is C10H15BrO2. The van der Waals surface area contributed by atoms with Gasteiger partial charge in [-0.2, -0.15) is 0 Å². The molecule has 2 N–H and O–H groups in total. The lowest BCUT2D eigenvalue weighted by molar-refractivity contribution is 0.299. The molecule has 1 aromatic rings. The summed E-state index contributed by atoms with van der Waals surface area (Å²) in [5.74, 6) is 0. The second-order valence-corrected chi connectivity index (χ2v) is 3.33. The van der Waals surface area contributed by atoms with E-state index in [0.29, 0.717) is 0 Å². The SMILES string of the molecule is CCO.OCCc1ccc(Br)cc1. The van der Waals surface area contributed by atoms with Crippen molar-refractivity contribution in [3.05, 3.63) is 34.3 Å². The van der Waals surface area contributed by atoms with Crippen LogP contribution in [0.4, 0.5) is 0 Å². The number of benzene rings is 1. The van der Waals surface area contributed by atoms with Gasteiger partial charge in [0.25, 0.3) is 0 Å². The van der Waals surface area contributed by atoms with Crippen molar-refractivity contribution in [3.8, 4) is 0 Å². The number of halogens is 1. The maximum atomic E-state index is 8.58. The third-order valence-corrected chi connectivity index (χ3v) is 1.84. The van der Waals surface area contributed by atoms with Crippen LogP contribution in [0.5, 0.6) is 0 Å². The lowest BCUT2D eigenvalue weighted by Gasteiger charge is -1.96. The largest absolute Gasteiger partial charge is 0.397 e. The minimum Gasteiger partial charge on any atom is -0.397 e. The van der Waals surface area contributed by atoms with Crippen LogP contribution in [0.1, 0.15) is 12.5 Å². The Labute approximate surface area is 87.4 Å². The monoisotopic (exact) mass is 246 g/mol. The molecule has 0 unspecified atom stereocenters. The van der Waals surface area contributed by atoms with Gasteiger partial charge in [-0.15, -0.1) is 0 Å². The molecule has 0 bridgehead atoms. The molecule has 3 heteroatoms. The summed E-state index contributed by atoms with van der Waals surface area (Å²) in [6.07, 6.45) is 0.743. The molecule has 0 aliphatic heterocycles. The summed E-state index contributed by atoms with van der Waals surface area (Å²) in [6.45, 7) is 2.15. The van der Waals surface area contributed by atoms with Gasteiger partial charge in [-0.05, 0) is 31.0 Å². The highest BCUT2D eigenvalue weighted by Crippen LogP contribution is 2.10. The van der Waals surface area contributed by atoms with Gasteiger partial charge in [0.2, 0.25) is 0 Å². The number of hydrogen-bond acceptors (Lipinski definition) is 2. The first-order valence-electron chi connectivity index (χ1n) is 4.20. The number of aliphatic hydroxyl groups is 2. The average molecular weight is 247 g/mol. The lowest BCUT2D eigenvalue weighted by atomic mass is 10.2. The first-order valence-corrected chi connectivity index (χ1v) is 5.00. The number of aliphatic hydroxyl groups excluding tert-OH is 2. The predicted molar refractivity (Wildman–Crippen MR) is 57.7 cm³/mol. The van der Waals surface area contributed by atoms with Crippen molar-refractivity contribution in [2.75, 3.05) is 13.2 Å². The third-order valence-electron chi connectivity index (χ3n) is 1.31. The standard InChI is InChI=1S/C8H9BrO.C2H6O/c9-8-3-1-7(2-4-8)5-6-10;1-2-3/h1-4,10H,5-6H2;3H,2H2,1H3. The van der Waals surface area contributed by atoms with Crippen LogP contribution in [-0.2, 0) is 6.42 Å². The molecule has 0 amide bonds. The molecule has 2 nitrogen and oxygen atoms in total. The van der Waals surface area contributed by atoms with Crippen molar-refractivity contribution in [2.24, 2.45) is 0 Å². The van der Waals surface area contributed by atoms with Gasteiger partial charge >= 0.3 is 0 Å². The van der Waals surface area contributed by atoms with Crippen molar-refractivity contribution in [3.63, 3.8) is 0 Å². The summed E-state index contributed by atoms with van der Waals surface area (Å²) in [7, 11) is 0. The summed E-state index contributed by atoms with van der Waals surface area (Å²) in [5.41, 5.74) is 1.17. The first kappa shape index (κ1) is 12.6. The quantitative estimate of drug-likeness (QED) is 0.838. The molecule has 13 heavy (non-hydrogen) atoms. The fourth-order valence-electron chi connectivity index (χ4n) is 0.780. The zero-order valence-corrected chi connectivity index (χ0v) is 9.29. The Balaban J connectivity index is 0.000000424. The molecular weight excluding hydrogens is 232 g/mol. The van der Waals surface area contributed by atoms with Crippen LogP contribution in [0, 0.1) is 0 Å². The Morgan fingerprint density at radius 3 is 2.00 bits per heavy atom.